The minimum atomic E-state index is -0.0245. The summed E-state index contributed by atoms with van der Waals surface area (Å²) >= 11 is 0. The Kier molecular flexibility index (Phi) is 5.71. The van der Waals surface area contributed by atoms with Crippen molar-refractivity contribution in [3.8, 4) is 5.75 Å². The molecule has 1 saturated heterocycles. The Morgan fingerprint density at radius 1 is 1.27 bits per heavy atom. The molecule has 0 aliphatic carbocycles. The fraction of sp³-hybridized carbons (Fsp3) is 0.450. The first-order valence-electron chi connectivity index (χ1n) is 9.20. The Bertz CT molecular complexity index is 770. The normalized spacial score (nSPS) is 15.0. The summed E-state index contributed by atoms with van der Waals surface area (Å²) in [6.07, 6.45) is 2.09. The second-order valence-electron chi connectivity index (χ2n) is 6.75. The van der Waals surface area contributed by atoms with Crippen LogP contribution in [0.4, 0.5) is 11.6 Å². The van der Waals surface area contributed by atoms with Crippen LogP contribution in [0.1, 0.15) is 42.9 Å². The van der Waals surface area contributed by atoms with Gasteiger partial charge in [-0.3, -0.25) is 4.79 Å². The molecule has 0 unspecified atom stereocenters. The van der Waals surface area contributed by atoms with E-state index in [1.54, 1.807) is 6.07 Å². The summed E-state index contributed by atoms with van der Waals surface area (Å²) in [5.41, 5.74) is 1.97. The Morgan fingerprint density at radius 3 is 2.73 bits per heavy atom. The lowest BCUT2D eigenvalue weighted by Gasteiger charge is -2.30. The van der Waals surface area contributed by atoms with Crippen molar-refractivity contribution in [2.75, 3.05) is 25.0 Å². The molecule has 0 radical (unpaired) electrons. The molecule has 1 amide bonds. The molecule has 0 spiro atoms. The lowest BCUT2D eigenvalue weighted by Crippen LogP contribution is -2.38. The van der Waals surface area contributed by atoms with Crippen LogP contribution in [0, 0.1) is 12.8 Å². The zero-order chi connectivity index (χ0) is 18.5. The number of carbonyl (C=O) groups is 1. The van der Waals surface area contributed by atoms with Gasteiger partial charge in [0.2, 0.25) is 5.95 Å². The zero-order valence-electron chi connectivity index (χ0n) is 15.7. The van der Waals surface area contributed by atoms with Crippen LogP contribution in [-0.2, 0) is 0 Å². The van der Waals surface area contributed by atoms with Crippen LogP contribution in [0.25, 0.3) is 0 Å². The van der Waals surface area contributed by atoms with E-state index in [1.807, 2.05) is 43.0 Å². The smallest absolute Gasteiger partial charge is 0.272 e. The molecular formula is C20H26N4O2. The van der Waals surface area contributed by atoms with E-state index >= 15 is 0 Å². The second kappa shape index (κ2) is 8.17. The van der Waals surface area contributed by atoms with E-state index in [-0.39, 0.29) is 5.91 Å². The van der Waals surface area contributed by atoms with Gasteiger partial charge in [-0.25, -0.2) is 9.97 Å². The third-order valence-corrected chi connectivity index (χ3v) is 4.58. The molecule has 0 saturated carbocycles. The van der Waals surface area contributed by atoms with Gasteiger partial charge in [-0.05, 0) is 50.8 Å². The van der Waals surface area contributed by atoms with Crippen LogP contribution < -0.4 is 10.1 Å². The van der Waals surface area contributed by atoms with Crippen molar-refractivity contribution in [3.05, 3.63) is 41.7 Å². The van der Waals surface area contributed by atoms with Gasteiger partial charge in [-0.2, -0.15) is 0 Å². The van der Waals surface area contributed by atoms with Gasteiger partial charge in [0.25, 0.3) is 5.91 Å². The van der Waals surface area contributed by atoms with Crippen molar-refractivity contribution in [2.45, 2.75) is 33.6 Å². The SMILES string of the molecule is CCOc1ccccc1Nc1nc(C)cc(C(=O)N2CCC(C)CC2)n1. The van der Waals surface area contributed by atoms with Crippen molar-refractivity contribution < 1.29 is 9.53 Å². The summed E-state index contributed by atoms with van der Waals surface area (Å²) in [5.74, 6) is 1.80. The molecule has 6 nitrogen and oxygen atoms in total. The van der Waals surface area contributed by atoms with E-state index in [1.165, 1.54) is 0 Å². The van der Waals surface area contributed by atoms with Crippen molar-refractivity contribution in [3.63, 3.8) is 0 Å². The molecule has 0 bridgehead atoms. The third-order valence-electron chi connectivity index (χ3n) is 4.58. The van der Waals surface area contributed by atoms with Gasteiger partial charge in [-0.15, -0.1) is 0 Å². The number of hydrogen-bond acceptors (Lipinski definition) is 5. The number of nitrogens with zero attached hydrogens (tertiary/aromatic N) is 3. The van der Waals surface area contributed by atoms with Gasteiger partial charge >= 0.3 is 0 Å². The van der Waals surface area contributed by atoms with Gasteiger partial charge in [-0.1, -0.05) is 19.1 Å². The number of para-hydroxylation sites is 2. The minimum Gasteiger partial charge on any atom is -0.492 e. The number of hydrogen-bond donors (Lipinski definition) is 1. The second-order valence-corrected chi connectivity index (χ2v) is 6.75. The Labute approximate surface area is 154 Å². The fourth-order valence-electron chi connectivity index (χ4n) is 3.08. The zero-order valence-corrected chi connectivity index (χ0v) is 15.7. The van der Waals surface area contributed by atoms with Crippen LogP contribution >= 0.6 is 0 Å². The molecule has 26 heavy (non-hydrogen) atoms. The molecule has 1 aliphatic rings. The largest absolute Gasteiger partial charge is 0.492 e. The molecule has 1 aliphatic heterocycles. The summed E-state index contributed by atoms with van der Waals surface area (Å²) in [5, 5.41) is 3.19. The predicted octanol–water partition coefficient (Wildman–Crippen LogP) is 3.80. The lowest BCUT2D eigenvalue weighted by atomic mass is 9.99. The highest BCUT2D eigenvalue weighted by Gasteiger charge is 2.23. The Hall–Kier alpha value is -2.63. The molecule has 138 valence electrons. The topological polar surface area (TPSA) is 67.3 Å². The average molecular weight is 354 g/mol. The van der Waals surface area contributed by atoms with E-state index in [2.05, 4.69) is 22.2 Å². The number of amides is 1. The summed E-state index contributed by atoms with van der Waals surface area (Å²) in [6, 6.07) is 9.38. The number of aromatic nitrogens is 2. The highest BCUT2D eigenvalue weighted by atomic mass is 16.5. The van der Waals surface area contributed by atoms with Crippen LogP contribution in [0.5, 0.6) is 5.75 Å². The van der Waals surface area contributed by atoms with Crippen molar-refractivity contribution in [2.24, 2.45) is 5.92 Å². The number of ether oxygens (including phenoxy) is 1. The van der Waals surface area contributed by atoms with E-state index < -0.39 is 0 Å². The van der Waals surface area contributed by atoms with E-state index in [4.69, 9.17) is 4.74 Å². The summed E-state index contributed by atoms with van der Waals surface area (Å²) in [6.45, 7) is 8.20. The highest BCUT2D eigenvalue weighted by molar-refractivity contribution is 5.92. The maximum Gasteiger partial charge on any atom is 0.272 e. The first-order valence-corrected chi connectivity index (χ1v) is 9.20. The van der Waals surface area contributed by atoms with Crippen molar-refractivity contribution in [1.82, 2.24) is 14.9 Å². The summed E-state index contributed by atoms with van der Waals surface area (Å²) in [7, 11) is 0. The van der Waals surface area contributed by atoms with Gasteiger partial charge in [0, 0.05) is 18.8 Å². The first kappa shape index (κ1) is 18.2. The minimum absolute atomic E-state index is 0.0245. The number of likely N-dealkylation sites (tertiary alicyclic amines) is 1. The van der Waals surface area contributed by atoms with Crippen molar-refractivity contribution >= 4 is 17.5 Å². The number of piperidine rings is 1. The number of nitrogens with one attached hydrogen (secondary N) is 1. The average Bonchev–Trinajstić information content (AvgIpc) is 2.63. The number of benzene rings is 1. The van der Waals surface area contributed by atoms with Gasteiger partial charge in [0.15, 0.2) is 0 Å². The van der Waals surface area contributed by atoms with Crippen LogP contribution in [0.2, 0.25) is 0 Å². The molecule has 1 aromatic carbocycles. The maximum atomic E-state index is 12.8. The van der Waals surface area contributed by atoms with Gasteiger partial charge < -0.3 is 15.0 Å². The summed E-state index contributed by atoms with van der Waals surface area (Å²) in [4.78, 5) is 23.6. The molecule has 6 heteroatoms. The number of carbonyl (C=O) groups excluding carboxylic acids is 1. The molecule has 2 aromatic rings. The van der Waals surface area contributed by atoms with Crippen LogP contribution in [-0.4, -0.2) is 40.5 Å². The number of anilines is 2. The number of aryl methyl sites for hydroxylation is 1. The molecule has 3 rings (SSSR count). The molecule has 1 aromatic heterocycles. The quantitative estimate of drug-likeness (QED) is 0.884. The number of rotatable bonds is 5. The molecule has 2 heterocycles. The van der Waals surface area contributed by atoms with E-state index in [0.717, 1.165) is 43.1 Å². The van der Waals surface area contributed by atoms with Crippen LogP contribution in [0.3, 0.4) is 0 Å². The predicted molar refractivity (Wildman–Crippen MR) is 102 cm³/mol. The fourth-order valence-corrected chi connectivity index (χ4v) is 3.08. The third kappa shape index (κ3) is 4.31. The monoisotopic (exact) mass is 354 g/mol. The summed E-state index contributed by atoms with van der Waals surface area (Å²) < 4.78 is 5.63. The Morgan fingerprint density at radius 2 is 2.00 bits per heavy atom. The van der Waals surface area contributed by atoms with E-state index in [9.17, 15) is 4.79 Å². The molecule has 0 atom stereocenters. The highest BCUT2D eigenvalue weighted by Crippen LogP contribution is 2.26. The molecule has 1 N–H and O–H groups in total. The molecular weight excluding hydrogens is 328 g/mol. The lowest BCUT2D eigenvalue weighted by molar-refractivity contribution is 0.0691. The van der Waals surface area contributed by atoms with E-state index in [0.29, 0.717) is 24.2 Å². The maximum absolute atomic E-state index is 12.8. The Balaban J connectivity index is 1.81. The van der Waals surface area contributed by atoms with Crippen molar-refractivity contribution in [1.29, 1.82) is 0 Å². The standard InChI is InChI=1S/C20H26N4O2/c1-4-26-18-8-6-5-7-16(18)22-20-21-15(3)13-17(23-20)19(25)24-11-9-14(2)10-12-24/h5-8,13-14H,4,9-12H2,1-3H3,(H,21,22,23). The van der Waals surface area contributed by atoms with Crippen LogP contribution in [0.15, 0.2) is 30.3 Å². The first-order chi connectivity index (χ1) is 12.6. The molecule has 1 fully saturated rings. The van der Waals surface area contributed by atoms with Gasteiger partial charge in [0.1, 0.15) is 11.4 Å². The van der Waals surface area contributed by atoms with Gasteiger partial charge in [0.05, 0.1) is 12.3 Å².